The van der Waals surface area contributed by atoms with Crippen LogP contribution in [0.4, 0.5) is 0 Å². The molecular formula is C12H20N2O3S. The summed E-state index contributed by atoms with van der Waals surface area (Å²) in [5.41, 5.74) is 2.57. The molecule has 0 aromatic heterocycles. The molecule has 5 nitrogen and oxygen atoms in total. The van der Waals surface area contributed by atoms with E-state index < -0.39 is 10.0 Å². The van der Waals surface area contributed by atoms with Crippen molar-refractivity contribution in [1.82, 2.24) is 4.72 Å². The Morgan fingerprint density at radius 2 is 1.78 bits per heavy atom. The number of aryl methyl sites for hydroxylation is 3. The maximum atomic E-state index is 12.2. The first-order valence-electron chi connectivity index (χ1n) is 5.77. The maximum Gasteiger partial charge on any atom is 0.241 e. The summed E-state index contributed by atoms with van der Waals surface area (Å²) in [6, 6.07) is 3.73. The van der Waals surface area contributed by atoms with Crippen molar-refractivity contribution in [1.29, 1.82) is 0 Å². The van der Waals surface area contributed by atoms with Crippen molar-refractivity contribution >= 4 is 10.0 Å². The Morgan fingerprint density at radius 3 is 2.28 bits per heavy atom. The zero-order valence-electron chi connectivity index (χ0n) is 11.0. The highest BCUT2D eigenvalue weighted by atomic mass is 32.2. The molecule has 3 N–H and O–H groups in total. The molecule has 6 heteroatoms. The van der Waals surface area contributed by atoms with Crippen molar-refractivity contribution < 1.29 is 13.3 Å². The first kappa shape index (κ1) is 15.1. The Labute approximate surface area is 108 Å². The molecule has 0 amide bonds. The molecule has 0 radical (unpaired) electrons. The Bertz CT molecular complexity index is 489. The lowest BCUT2D eigenvalue weighted by Gasteiger charge is -2.12. The van der Waals surface area contributed by atoms with Gasteiger partial charge in [-0.15, -0.1) is 0 Å². The summed E-state index contributed by atoms with van der Waals surface area (Å²) in [6.45, 7) is 6.19. The van der Waals surface area contributed by atoms with Crippen LogP contribution in [-0.4, -0.2) is 21.6 Å². The van der Waals surface area contributed by atoms with Crippen LogP contribution in [0.25, 0.3) is 0 Å². The van der Waals surface area contributed by atoms with E-state index in [0.29, 0.717) is 24.5 Å². The normalized spacial score (nSPS) is 11.8. The molecule has 0 spiro atoms. The highest BCUT2D eigenvalue weighted by molar-refractivity contribution is 7.89. The second kappa shape index (κ2) is 6.29. The molecule has 0 aliphatic carbocycles. The van der Waals surface area contributed by atoms with Crippen molar-refractivity contribution in [3.63, 3.8) is 0 Å². The van der Waals surface area contributed by atoms with Gasteiger partial charge in [0.15, 0.2) is 0 Å². The molecule has 0 fully saturated rings. The van der Waals surface area contributed by atoms with Crippen LogP contribution >= 0.6 is 0 Å². The number of nitrogens with two attached hydrogens (primary N) is 1. The molecule has 18 heavy (non-hydrogen) atoms. The number of nitrogens with one attached hydrogen (secondary N) is 1. The van der Waals surface area contributed by atoms with Gasteiger partial charge in [-0.3, -0.25) is 0 Å². The molecular weight excluding hydrogens is 252 g/mol. The molecule has 1 aromatic carbocycles. The minimum Gasteiger partial charge on any atom is -0.305 e. The average molecular weight is 272 g/mol. The van der Waals surface area contributed by atoms with Crippen molar-refractivity contribution in [2.75, 3.05) is 13.2 Å². The molecule has 0 saturated carbocycles. The Hall–Kier alpha value is -0.950. The van der Waals surface area contributed by atoms with Crippen LogP contribution in [0.3, 0.4) is 0 Å². The molecule has 0 saturated heterocycles. The summed E-state index contributed by atoms with van der Waals surface area (Å²) >= 11 is 0. The van der Waals surface area contributed by atoms with E-state index in [-0.39, 0.29) is 0 Å². The molecule has 0 aliphatic rings. The fourth-order valence-corrected chi connectivity index (χ4v) is 3.55. The third-order valence-corrected chi connectivity index (χ3v) is 4.37. The largest absolute Gasteiger partial charge is 0.305 e. The van der Waals surface area contributed by atoms with Gasteiger partial charge in [-0.25, -0.2) is 19.0 Å². The summed E-state index contributed by atoms with van der Waals surface area (Å²) < 4.78 is 26.9. The summed E-state index contributed by atoms with van der Waals surface area (Å²) in [6.07, 6.45) is 0.541. The highest BCUT2D eigenvalue weighted by Crippen LogP contribution is 2.21. The van der Waals surface area contributed by atoms with Gasteiger partial charge in [0.05, 0.1) is 11.5 Å². The molecule has 0 aliphatic heterocycles. The summed E-state index contributed by atoms with van der Waals surface area (Å²) in [4.78, 5) is 4.75. The predicted octanol–water partition coefficient (Wildman–Crippen LogP) is 1.17. The average Bonchev–Trinajstić information content (AvgIpc) is 2.22. The van der Waals surface area contributed by atoms with Gasteiger partial charge in [-0.1, -0.05) is 17.7 Å². The van der Waals surface area contributed by atoms with Gasteiger partial charge in [0.2, 0.25) is 10.0 Å². The lowest BCUT2D eigenvalue weighted by molar-refractivity contribution is 0.136. The number of hydrogen-bond donors (Lipinski definition) is 2. The minimum absolute atomic E-state index is 0.312. The first-order valence-corrected chi connectivity index (χ1v) is 7.26. The number of sulfonamides is 1. The SMILES string of the molecule is Cc1cc(C)c(S(=O)(=O)NCCCON)c(C)c1. The number of rotatable bonds is 6. The van der Waals surface area contributed by atoms with E-state index in [9.17, 15) is 8.42 Å². The van der Waals surface area contributed by atoms with E-state index in [1.807, 2.05) is 19.1 Å². The van der Waals surface area contributed by atoms with Crippen LogP contribution < -0.4 is 10.6 Å². The van der Waals surface area contributed by atoms with Gasteiger partial charge in [0.25, 0.3) is 0 Å². The quantitative estimate of drug-likeness (QED) is 0.601. The molecule has 0 heterocycles. The van der Waals surface area contributed by atoms with Crippen molar-refractivity contribution in [3.8, 4) is 0 Å². The molecule has 1 aromatic rings. The van der Waals surface area contributed by atoms with E-state index >= 15 is 0 Å². The Balaban J connectivity index is 2.92. The van der Waals surface area contributed by atoms with Crippen molar-refractivity contribution in [2.45, 2.75) is 32.1 Å². The standard InChI is InChI=1S/C12H20N2O3S/c1-9-7-10(2)12(11(3)8-9)18(15,16)14-5-4-6-17-13/h7-8,14H,4-6,13H2,1-3H3. The van der Waals surface area contributed by atoms with E-state index in [1.165, 1.54) is 0 Å². The van der Waals surface area contributed by atoms with Crippen LogP contribution in [-0.2, 0) is 14.9 Å². The zero-order valence-corrected chi connectivity index (χ0v) is 11.8. The second-order valence-corrected chi connectivity index (χ2v) is 6.05. The predicted molar refractivity (Wildman–Crippen MR) is 70.6 cm³/mol. The molecule has 0 bridgehead atoms. The van der Waals surface area contributed by atoms with Gasteiger partial charge < -0.3 is 4.84 Å². The van der Waals surface area contributed by atoms with Gasteiger partial charge >= 0.3 is 0 Å². The highest BCUT2D eigenvalue weighted by Gasteiger charge is 2.18. The van der Waals surface area contributed by atoms with Crippen LogP contribution in [0.1, 0.15) is 23.1 Å². The lowest BCUT2D eigenvalue weighted by Crippen LogP contribution is -2.27. The number of benzene rings is 1. The van der Waals surface area contributed by atoms with Crippen LogP contribution in [0.2, 0.25) is 0 Å². The molecule has 1 rings (SSSR count). The molecule has 0 unspecified atom stereocenters. The first-order chi connectivity index (χ1) is 8.38. The third kappa shape index (κ3) is 3.78. The van der Waals surface area contributed by atoms with Crippen molar-refractivity contribution in [3.05, 3.63) is 28.8 Å². The summed E-state index contributed by atoms with van der Waals surface area (Å²) in [5.74, 6) is 4.88. The smallest absolute Gasteiger partial charge is 0.241 e. The van der Waals surface area contributed by atoms with Gasteiger partial charge in [-0.2, -0.15) is 0 Å². The van der Waals surface area contributed by atoms with Crippen LogP contribution in [0.15, 0.2) is 17.0 Å². The van der Waals surface area contributed by atoms with Gasteiger partial charge in [0, 0.05) is 6.54 Å². The van der Waals surface area contributed by atoms with Crippen LogP contribution in [0.5, 0.6) is 0 Å². The zero-order chi connectivity index (χ0) is 13.8. The van der Waals surface area contributed by atoms with E-state index in [1.54, 1.807) is 13.8 Å². The fourth-order valence-electron chi connectivity index (χ4n) is 2.02. The minimum atomic E-state index is -3.47. The topological polar surface area (TPSA) is 81.4 Å². The lowest BCUT2D eigenvalue weighted by atomic mass is 10.1. The second-order valence-electron chi connectivity index (χ2n) is 4.35. The molecule has 0 atom stereocenters. The Morgan fingerprint density at radius 1 is 1.22 bits per heavy atom. The van der Waals surface area contributed by atoms with Gasteiger partial charge in [-0.05, 0) is 38.3 Å². The van der Waals surface area contributed by atoms with Crippen LogP contribution in [0, 0.1) is 20.8 Å². The monoisotopic (exact) mass is 272 g/mol. The van der Waals surface area contributed by atoms with E-state index in [0.717, 1.165) is 16.7 Å². The van der Waals surface area contributed by atoms with E-state index in [4.69, 9.17) is 5.90 Å². The number of hydrogen-bond acceptors (Lipinski definition) is 4. The third-order valence-electron chi connectivity index (χ3n) is 2.60. The fraction of sp³-hybridized carbons (Fsp3) is 0.500. The maximum absolute atomic E-state index is 12.2. The van der Waals surface area contributed by atoms with Crippen molar-refractivity contribution in [2.24, 2.45) is 5.90 Å². The molecule has 102 valence electrons. The Kier molecular flexibility index (Phi) is 5.28. The summed E-state index contributed by atoms with van der Waals surface area (Å²) in [5, 5.41) is 0. The summed E-state index contributed by atoms with van der Waals surface area (Å²) in [7, 11) is -3.47. The van der Waals surface area contributed by atoms with Gasteiger partial charge in [0.1, 0.15) is 0 Å². The van der Waals surface area contributed by atoms with E-state index in [2.05, 4.69) is 9.56 Å².